The maximum absolute atomic E-state index is 11.9. The first-order valence-electron chi connectivity index (χ1n) is 6.68. The molecule has 1 aliphatic rings. The van der Waals surface area contributed by atoms with E-state index in [2.05, 4.69) is 19.2 Å². The van der Waals surface area contributed by atoms with E-state index in [1.807, 2.05) is 11.9 Å². The predicted octanol–water partition coefficient (Wildman–Crippen LogP) is 2.17. The van der Waals surface area contributed by atoms with Gasteiger partial charge in [-0.1, -0.05) is 26.7 Å². The van der Waals surface area contributed by atoms with Crippen molar-refractivity contribution in [3.63, 3.8) is 0 Å². The van der Waals surface area contributed by atoms with Crippen molar-refractivity contribution in [2.45, 2.75) is 64.5 Å². The molecule has 0 atom stereocenters. The van der Waals surface area contributed by atoms with Gasteiger partial charge in [-0.05, 0) is 25.7 Å². The van der Waals surface area contributed by atoms with E-state index in [1.54, 1.807) is 0 Å². The molecule has 0 unspecified atom stereocenters. The van der Waals surface area contributed by atoms with Gasteiger partial charge >= 0.3 is 0 Å². The minimum absolute atomic E-state index is 0.237. The van der Waals surface area contributed by atoms with Crippen molar-refractivity contribution in [2.75, 3.05) is 13.6 Å². The van der Waals surface area contributed by atoms with E-state index in [9.17, 15) is 4.79 Å². The lowest BCUT2D eigenvalue weighted by Gasteiger charge is -2.27. The summed E-state index contributed by atoms with van der Waals surface area (Å²) in [6, 6.07) is 0.983. The van der Waals surface area contributed by atoms with Crippen LogP contribution >= 0.6 is 0 Å². The van der Waals surface area contributed by atoms with E-state index in [-0.39, 0.29) is 5.91 Å². The second-order valence-electron chi connectivity index (χ2n) is 4.84. The Bertz CT molecular complexity index is 208. The largest absolute Gasteiger partial charge is 0.342 e. The second-order valence-corrected chi connectivity index (χ2v) is 4.84. The van der Waals surface area contributed by atoms with Gasteiger partial charge in [0.05, 0.1) is 6.54 Å². The minimum atomic E-state index is 0.237. The molecule has 0 aromatic carbocycles. The van der Waals surface area contributed by atoms with E-state index >= 15 is 0 Å². The van der Waals surface area contributed by atoms with Crippen LogP contribution in [0.15, 0.2) is 0 Å². The molecule has 0 spiro atoms. The van der Waals surface area contributed by atoms with Gasteiger partial charge in [0.15, 0.2) is 0 Å². The van der Waals surface area contributed by atoms with Crippen LogP contribution in [0.1, 0.15) is 52.4 Å². The fourth-order valence-electron chi connectivity index (χ4n) is 2.53. The van der Waals surface area contributed by atoms with Gasteiger partial charge in [-0.2, -0.15) is 0 Å². The van der Waals surface area contributed by atoms with Crippen LogP contribution in [-0.2, 0) is 4.79 Å². The van der Waals surface area contributed by atoms with Gasteiger partial charge in [0.2, 0.25) is 5.91 Å². The molecule has 1 rings (SSSR count). The highest BCUT2D eigenvalue weighted by Gasteiger charge is 2.19. The van der Waals surface area contributed by atoms with Crippen molar-refractivity contribution >= 4 is 5.91 Å². The van der Waals surface area contributed by atoms with Gasteiger partial charge in [0.1, 0.15) is 0 Å². The molecular formula is C13H26N2O. The Labute approximate surface area is 99.6 Å². The quantitative estimate of drug-likeness (QED) is 0.753. The number of amides is 1. The van der Waals surface area contributed by atoms with E-state index in [1.165, 1.54) is 25.7 Å². The Morgan fingerprint density at radius 2 is 1.88 bits per heavy atom. The average molecular weight is 226 g/mol. The van der Waals surface area contributed by atoms with Crippen LogP contribution in [0.5, 0.6) is 0 Å². The lowest BCUT2D eigenvalue weighted by molar-refractivity contribution is -0.131. The number of nitrogens with one attached hydrogen (secondary N) is 1. The molecular weight excluding hydrogens is 200 g/mol. The highest BCUT2D eigenvalue weighted by atomic mass is 16.2. The van der Waals surface area contributed by atoms with Gasteiger partial charge in [-0.3, -0.25) is 4.79 Å². The maximum Gasteiger partial charge on any atom is 0.236 e. The number of carbonyl (C=O) groups is 1. The molecule has 94 valence electrons. The second kappa shape index (κ2) is 6.89. The zero-order chi connectivity index (χ0) is 12.0. The molecule has 1 aliphatic carbocycles. The summed E-state index contributed by atoms with van der Waals surface area (Å²) in [6.07, 6.45) is 7.19. The molecule has 0 bridgehead atoms. The molecule has 0 radical (unpaired) electrons. The molecule has 1 saturated carbocycles. The minimum Gasteiger partial charge on any atom is -0.342 e. The van der Waals surface area contributed by atoms with Crippen LogP contribution in [0, 0.1) is 0 Å². The predicted molar refractivity (Wildman–Crippen MR) is 67.4 cm³/mol. The first-order valence-corrected chi connectivity index (χ1v) is 6.68. The standard InChI is InChI=1S/C13H26N2O/c1-4-12(5-2)15(3)13(16)10-14-11-8-6-7-9-11/h11-12,14H,4-10H2,1-3H3. The first kappa shape index (κ1) is 13.5. The molecule has 3 heteroatoms. The monoisotopic (exact) mass is 226 g/mol. The van der Waals surface area contributed by atoms with Gasteiger partial charge in [0, 0.05) is 19.1 Å². The summed E-state index contributed by atoms with van der Waals surface area (Å²) < 4.78 is 0. The number of rotatable bonds is 6. The van der Waals surface area contributed by atoms with Gasteiger partial charge in [0.25, 0.3) is 0 Å². The third-order valence-corrected chi connectivity index (χ3v) is 3.78. The highest BCUT2D eigenvalue weighted by molar-refractivity contribution is 5.78. The average Bonchev–Trinajstić information content (AvgIpc) is 2.80. The third kappa shape index (κ3) is 3.78. The molecule has 0 heterocycles. The number of likely N-dealkylation sites (N-methyl/N-ethyl adjacent to an activating group) is 1. The number of carbonyl (C=O) groups excluding carboxylic acids is 1. The summed E-state index contributed by atoms with van der Waals surface area (Å²) in [5, 5.41) is 3.37. The Hall–Kier alpha value is -0.570. The van der Waals surface area contributed by atoms with Crippen molar-refractivity contribution in [1.29, 1.82) is 0 Å². The Morgan fingerprint density at radius 1 is 1.31 bits per heavy atom. The Balaban J connectivity index is 2.27. The normalized spacial score (nSPS) is 17.0. The highest BCUT2D eigenvalue weighted by Crippen LogP contribution is 2.17. The summed E-state index contributed by atoms with van der Waals surface area (Å²) in [4.78, 5) is 13.8. The summed E-state index contributed by atoms with van der Waals surface area (Å²) in [6.45, 7) is 4.79. The van der Waals surface area contributed by atoms with Gasteiger partial charge in [-0.15, -0.1) is 0 Å². The van der Waals surface area contributed by atoms with Crippen molar-refractivity contribution in [3.8, 4) is 0 Å². The molecule has 1 amide bonds. The number of hydrogen-bond donors (Lipinski definition) is 1. The molecule has 0 saturated heterocycles. The van der Waals surface area contributed by atoms with Crippen molar-refractivity contribution in [3.05, 3.63) is 0 Å². The fraction of sp³-hybridized carbons (Fsp3) is 0.923. The summed E-state index contributed by atoms with van der Waals surface area (Å²) >= 11 is 0. The van der Waals surface area contributed by atoms with Crippen LogP contribution in [0.4, 0.5) is 0 Å². The van der Waals surface area contributed by atoms with E-state index in [0.717, 1.165) is 12.8 Å². The smallest absolute Gasteiger partial charge is 0.236 e. The van der Waals surface area contributed by atoms with Crippen LogP contribution in [0.2, 0.25) is 0 Å². The molecule has 3 nitrogen and oxygen atoms in total. The zero-order valence-corrected chi connectivity index (χ0v) is 11.0. The Kier molecular flexibility index (Phi) is 5.81. The van der Waals surface area contributed by atoms with E-state index in [4.69, 9.17) is 0 Å². The van der Waals surface area contributed by atoms with Gasteiger partial charge < -0.3 is 10.2 Å². The molecule has 0 aliphatic heterocycles. The van der Waals surface area contributed by atoms with Gasteiger partial charge in [-0.25, -0.2) is 0 Å². The van der Waals surface area contributed by atoms with Crippen LogP contribution in [-0.4, -0.2) is 36.5 Å². The topological polar surface area (TPSA) is 32.3 Å². The summed E-state index contributed by atoms with van der Waals surface area (Å²) in [5.74, 6) is 0.237. The van der Waals surface area contributed by atoms with Crippen LogP contribution in [0.3, 0.4) is 0 Å². The lowest BCUT2D eigenvalue weighted by Crippen LogP contribution is -2.43. The van der Waals surface area contributed by atoms with Crippen LogP contribution in [0.25, 0.3) is 0 Å². The lowest BCUT2D eigenvalue weighted by atomic mass is 10.1. The SMILES string of the molecule is CCC(CC)N(C)C(=O)CNC1CCCC1. The fourth-order valence-corrected chi connectivity index (χ4v) is 2.53. The van der Waals surface area contributed by atoms with Crippen molar-refractivity contribution in [1.82, 2.24) is 10.2 Å². The van der Waals surface area contributed by atoms with Crippen LogP contribution < -0.4 is 5.32 Å². The van der Waals surface area contributed by atoms with Crippen molar-refractivity contribution in [2.24, 2.45) is 0 Å². The molecule has 0 aromatic rings. The van der Waals surface area contributed by atoms with E-state index in [0.29, 0.717) is 18.6 Å². The van der Waals surface area contributed by atoms with E-state index < -0.39 is 0 Å². The zero-order valence-electron chi connectivity index (χ0n) is 11.0. The Morgan fingerprint density at radius 3 is 2.38 bits per heavy atom. The number of nitrogens with zero attached hydrogens (tertiary/aromatic N) is 1. The maximum atomic E-state index is 11.9. The van der Waals surface area contributed by atoms with Crippen molar-refractivity contribution < 1.29 is 4.79 Å². The summed E-state index contributed by atoms with van der Waals surface area (Å²) in [5.41, 5.74) is 0. The first-order chi connectivity index (χ1) is 7.69. The summed E-state index contributed by atoms with van der Waals surface area (Å²) in [7, 11) is 1.93. The molecule has 1 fully saturated rings. The molecule has 1 N–H and O–H groups in total. The third-order valence-electron chi connectivity index (χ3n) is 3.78. The molecule has 16 heavy (non-hydrogen) atoms. The molecule has 0 aromatic heterocycles. The number of hydrogen-bond acceptors (Lipinski definition) is 2.